The molecule has 0 aromatic heterocycles. The Balaban J connectivity index is 1.66. The summed E-state index contributed by atoms with van der Waals surface area (Å²) in [6, 6.07) is 6.42. The van der Waals surface area contributed by atoms with Gasteiger partial charge in [0, 0.05) is 13.5 Å². The smallest absolute Gasteiger partial charge is 0.122 e. The molecule has 2 unspecified atom stereocenters. The number of aryl methyl sites for hydroxylation is 1. The Morgan fingerprint density at radius 1 is 1.40 bits per heavy atom. The third-order valence-corrected chi connectivity index (χ3v) is 4.81. The summed E-state index contributed by atoms with van der Waals surface area (Å²) >= 11 is 0. The van der Waals surface area contributed by atoms with Crippen molar-refractivity contribution in [2.75, 3.05) is 13.7 Å². The maximum absolute atomic E-state index is 10.8. The number of benzene rings is 1. The van der Waals surface area contributed by atoms with Crippen LogP contribution in [0.3, 0.4) is 0 Å². The fourth-order valence-corrected chi connectivity index (χ4v) is 3.57. The molecule has 1 aliphatic heterocycles. The van der Waals surface area contributed by atoms with E-state index in [1.54, 1.807) is 7.11 Å². The van der Waals surface area contributed by atoms with E-state index in [0.717, 1.165) is 57.3 Å². The van der Waals surface area contributed by atoms with E-state index in [1.807, 2.05) is 0 Å². The van der Waals surface area contributed by atoms with Gasteiger partial charge in [0.1, 0.15) is 5.75 Å². The monoisotopic (exact) mass is 276 g/mol. The normalized spacial score (nSPS) is 29.0. The first kappa shape index (κ1) is 13.9. The van der Waals surface area contributed by atoms with Gasteiger partial charge in [-0.3, -0.25) is 0 Å². The van der Waals surface area contributed by atoms with Crippen LogP contribution in [0.5, 0.6) is 5.75 Å². The lowest BCUT2D eigenvalue weighted by atomic mass is 9.78. The zero-order chi connectivity index (χ0) is 14.0. The Morgan fingerprint density at radius 3 is 3.15 bits per heavy atom. The summed E-state index contributed by atoms with van der Waals surface area (Å²) < 4.78 is 11.0. The minimum absolute atomic E-state index is 0.00555. The molecule has 2 atom stereocenters. The summed E-state index contributed by atoms with van der Waals surface area (Å²) in [6.45, 7) is 0.800. The Bertz CT molecular complexity index is 471. The summed E-state index contributed by atoms with van der Waals surface area (Å²) in [4.78, 5) is 0. The Hall–Kier alpha value is -1.06. The Labute approximate surface area is 120 Å². The highest BCUT2D eigenvalue weighted by molar-refractivity contribution is 5.39. The Morgan fingerprint density at radius 2 is 2.30 bits per heavy atom. The number of hydrogen-bond acceptors (Lipinski definition) is 3. The van der Waals surface area contributed by atoms with E-state index in [2.05, 4.69) is 18.2 Å². The quantitative estimate of drug-likeness (QED) is 0.919. The Kier molecular flexibility index (Phi) is 3.99. The van der Waals surface area contributed by atoms with Crippen molar-refractivity contribution in [3.05, 3.63) is 29.3 Å². The topological polar surface area (TPSA) is 38.7 Å². The first-order valence-corrected chi connectivity index (χ1v) is 7.71. The number of aliphatic hydroxyl groups is 1. The van der Waals surface area contributed by atoms with Crippen molar-refractivity contribution in [1.29, 1.82) is 0 Å². The van der Waals surface area contributed by atoms with Crippen LogP contribution in [0.1, 0.15) is 43.2 Å². The average Bonchev–Trinajstić information content (AvgIpc) is 2.93. The van der Waals surface area contributed by atoms with Crippen LogP contribution in [-0.4, -0.2) is 30.5 Å². The van der Waals surface area contributed by atoms with E-state index in [4.69, 9.17) is 9.47 Å². The zero-order valence-corrected chi connectivity index (χ0v) is 12.2. The predicted octanol–water partition coefficient (Wildman–Crippen LogP) is 2.87. The molecule has 1 aromatic carbocycles. The van der Waals surface area contributed by atoms with E-state index >= 15 is 0 Å². The van der Waals surface area contributed by atoms with Gasteiger partial charge in [0.05, 0.1) is 18.3 Å². The van der Waals surface area contributed by atoms with Crippen LogP contribution in [0.2, 0.25) is 0 Å². The van der Waals surface area contributed by atoms with Crippen LogP contribution < -0.4 is 4.74 Å². The molecular formula is C17H24O3. The molecule has 3 rings (SSSR count). The van der Waals surface area contributed by atoms with Crippen molar-refractivity contribution in [2.45, 2.75) is 56.7 Å². The molecule has 1 aromatic rings. The molecule has 3 heteroatoms. The van der Waals surface area contributed by atoms with Crippen molar-refractivity contribution in [3.8, 4) is 5.75 Å². The standard InChI is InChI=1S/C17H24O3/c1-19-16-4-2-3-9-17(16,18)10-7-13-5-6-15-14(12-13)8-11-20-15/h5-6,12,16,18H,2-4,7-11H2,1H3. The molecule has 1 N–H and O–H groups in total. The molecule has 3 nitrogen and oxygen atoms in total. The second kappa shape index (κ2) is 5.74. The molecule has 0 bridgehead atoms. The van der Waals surface area contributed by atoms with Gasteiger partial charge in [0.2, 0.25) is 0 Å². The lowest BCUT2D eigenvalue weighted by Crippen LogP contribution is -2.46. The van der Waals surface area contributed by atoms with Crippen molar-refractivity contribution in [1.82, 2.24) is 0 Å². The highest BCUT2D eigenvalue weighted by Crippen LogP contribution is 2.35. The first-order chi connectivity index (χ1) is 9.71. The lowest BCUT2D eigenvalue weighted by molar-refractivity contribution is -0.120. The van der Waals surface area contributed by atoms with Crippen molar-refractivity contribution in [2.24, 2.45) is 0 Å². The SMILES string of the molecule is COC1CCCCC1(O)CCc1ccc2c(c1)CCO2. The van der Waals surface area contributed by atoms with Gasteiger partial charge >= 0.3 is 0 Å². The summed E-state index contributed by atoms with van der Waals surface area (Å²) in [5.74, 6) is 1.03. The lowest BCUT2D eigenvalue weighted by Gasteiger charge is -2.39. The van der Waals surface area contributed by atoms with Gasteiger partial charge in [-0.1, -0.05) is 25.0 Å². The first-order valence-electron chi connectivity index (χ1n) is 7.71. The van der Waals surface area contributed by atoms with Crippen LogP contribution in [0, 0.1) is 0 Å². The molecule has 1 saturated carbocycles. The third-order valence-electron chi connectivity index (χ3n) is 4.81. The van der Waals surface area contributed by atoms with Gasteiger partial charge in [-0.15, -0.1) is 0 Å². The van der Waals surface area contributed by atoms with Crippen LogP contribution in [0.15, 0.2) is 18.2 Å². The van der Waals surface area contributed by atoms with Gasteiger partial charge in [-0.25, -0.2) is 0 Å². The fraction of sp³-hybridized carbons (Fsp3) is 0.647. The largest absolute Gasteiger partial charge is 0.493 e. The summed E-state index contributed by atoms with van der Waals surface area (Å²) in [5.41, 5.74) is 1.95. The molecule has 2 aliphatic rings. The van der Waals surface area contributed by atoms with Crippen molar-refractivity contribution in [3.63, 3.8) is 0 Å². The van der Waals surface area contributed by atoms with Gasteiger partial charge in [-0.05, 0) is 42.9 Å². The molecule has 0 saturated heterocycles. The molecule has 20 heavy (non-hydrogen) atoms. The molecule has 1 heterocycles. The fourth-order valence-electron chi connectivity index (χ4n) is 3.57. The average molecular weight is 276 g/mol. The van der Waals surface area contributed by atoms with E-state index in [0.29, 0.717) is 0 Å². The van der Waals surface area contributed by atoms with Gasteiger partial charge in [-0.2, -0.15) is 0 Å². The second-order valence-corrected chi connectivity index (χ2v) is 6.11. The second-order valence-electron chi connectivity index (χ2n) is 6.11. The molecule has 0 radical (unpaired) electrons. The van der Waals surface area contributed by atoms with Crippen LogP contribution in [0.25, 0.3) is 0 Å². The molecule has 1 aliphatic carbocycles. The number of ether oxygens (including phenoxy) is 2. The van der Waals surface area contributed by atoms with Crippen molar-refractivity contribution < 1.29 is 14.6 Å². The maximum atomic E-state index is 10.8. The van der Waals surface area contributed by atoms with E-state index in [9.17, 15) is 5.11 Å². The van der Waals surface area contributed by atoms with E-state index in [1.165, 1.54) is 11.1 Å². The van der Waals surface area contributed by atoms with Crippen LogP contribution in [-0.2, 0) is 17.6 Å². The minimum atomic E-state index is -0.650. The van der Waals surface area contributed by atoms with E-state index < -0.39 is 5.60 Å². The molecule has 0 spiro atoms. The highest BCUT2D eigenvalue weighted by atomic mass is 16.5. The molecular weight excluding hydrogens is 252 g/mol. The molecule has 0 amide bonds. The minimum Gasteiger partial charge on any atom is -0.493 e. The predicted molar refractivity (Wildman–Crippen MR) is 78.2 cm³/mol. The van der Waals surface area contributed by atoms with Crippen molar-refractivity contribution >= 4 is 0 Å². The van der Waals surface area contributed by atoms with Crippen LogP contribution in [0.4, 0.5) is 0 Å². The summed E-state index contributed by atoms with van der Waals surface area (Å²) in [6.07, 6.45) is 6.80. The maximum Gasteiger partial charge on any atom is 0.122 e. The van der Waals surface area contributed by atoms with Gasteiger partial charge in [0.15, 0.2) is 0 Å². The number of hydrogen-bond donors (Lipinski definition) is 1. The summed E-state index contributed by atoms with van der Waals surface area (Å²) in [7, 11) is 1.72. The van der Waals surface area contributed by atoms with Crippen LogP contribution >= 0.6 is 0 Å². The van der Waals surface area contributed by atoms with E-state index in [-0.39, 0.29) is 6.10 Å². The van der Waals surface area contributed by atoms with Gasteiger partial charge < -0.3 is 14.6 Å². The highest BCUT2D eigenvalue weighted by Gasteiger charge is 2.38. The summed E-state index contributed by atoms with van der Waals surface area (Å²) in [5, 5.41) is 10.8. The number of rotatable bonds is 4. The number of methoxy groups -OCH3 is 1. The third kappa shape index (κ3) is 2.70. The molecule has 1 fully saturated rings. The van der Waals surface area contributed by atoms with Gasteiger partial charge in [0.25, 0.3) is 0 Å². The molecule has 110 valence electrons. The number of fused-ring (bicyclic) bond motifs is 1. The zero-order valence-electron chi connectivity index (χ0n) is 12.2.